The van der Waals surface area contributed by atoms with Gasteiger partial charge in [0.1, 0.15) is 11.4 Å². The Morgan fingerprint density at radius 1 is 0.449 bits per heavy atom. The zero-order valence-corrected chi connectivity index (χ0v) is 27.0. The molecule has 0 aliphatic rings. The zero-order chi connectivity index (χ0) is 33.6. The van der Waals surface area contributed by atoms with Crippen LogP contribution in [0.15, 0.2) is 158 Å². The van der Waals surface area contributed by atoms with E-state index in [2.05, 4.69) is 30.4 Å². The predicted molar refractivity (Wildman–Crippen MR) is 180 cm³/mol. The van der Waals surface area contributed by atoms with Gasteiger partial charge in [-0.25, -0.2) is 0 Å². The van der Waals surface area contributed by atoms with E-state index >= 15 is 0 Å². The van der Waals surface area contributed by atoms with Crippen molar-refractivity contribution in [2.24, 2.45) is 0 Å². The number of aromatic carboxylic acids is 2. The number of fused-ring (bicyclic) bond motifs is 2. The van der Waals surface area contributed by atoms with Crippen LogP contribution in [0.1, 0.15) is 20.7 Å². The van der Waals surface area contributed by atoms with Crippen molar-refractivity contribution >= 4 is 33.5 Å². The maximum absolute atomic E-state index is 10.7. The summed E-state index contributed by atoms with van der Waals surface area (Å²) in [5.41, 5.74) is 4.05. The van der Waals surface area contributed by atoms with Crippen LogP contribution in [0.4, 0.5) is 0 Å². The number of aromatic amines is 2. The summed E-state index contributed by atoms with van der Waals surface area (Å²) in [6, 6.07) is 40.3. The molecule has 0 bridgehead atoms. The summed E-state index contributed by atoms with van der Waals surface area (Å²) in [5.74, 6) is -2.26. The first kappa shape index (κ1) is 35.4. The number of pyridine rings is 2. The topological polar surface area (TPSA) is 163 Å². The maximum atomic E-state index is 10.7. The maximum Gasteiger partial charge on any atom is 2.00 e. The average Bonchev–Trinajstić information content (AvgIpc) is 3.89. The Balaban J connectivity index is 0.000000147. The molecule has 11 heteroatoms. The second-order valence-electron chi connectivity index (χ2n) is 9.98. The van der Waals surface area contributed by atoms with Gasteiger partial charge in [0.2, 0.25) is 0 Å². The fourth-order valence-corrected chi connectivity index (χ4v) is 4.64. The minimum absolute atomic E-state index is 0. The molecule has 0 spiro atoms. The normalized spacial score (nSPS) is 9.80. The van der Waals surface area contributed by atoms with E-state index in [9.17, 15) is 19.8 Å². The number of benzene rings is 4. The number of nitrogens with one attached hydrogen (secondary N) is 2. The minimum atomic E-state index is -1.13. The van der Waals surface area contributed by atoms with Gasteiger partial charge in [-0.1, -0.05) is 97.1 Å². The molecule has 0 saturated heterocycles. The number of carbonyl (C=O) groups excluding carboxylic acids is 2. The number of carboxylic acid groups (broad SMARTS) is 2. The van der Waals surface area contributed by atoms with Crippen LogP contribution in [-0.2, 0) is 17.1 Å². The van der Waals surface area contributed by atoms with Gasteiger partial charge in [-0.05, 0) is 57.9 Å². The Bertz CT molecular complexity index is 2030. The molecule has 4 aromatic heterocycles. The fourth-order valence-electron chi connectivity index (χ4n) is 4.64. The van der Waals surface area contributed by atoms with Crippen LogP contribution < -0.4 is 10.2 Å². The molecular formula is C38H28MnN6O4. The van der Waals surface area contributed by atoms with Crippen molar-refractivity contribution in [3.63, 3.8) is 0 Å². The van der Waals surface area contributed by atoms with E-state index in [-0.39, 0.29) is 28.2 Å². The van der Waals surface area contributed by atoms with Crippen LogP contribution in [-0.4, -0.2) is 42.3 Å². The predicted octanol–water partition coefficient (Wildman–Crippen LogP) is 5.35. The molecule has 8 aromatic rings. The van der Waals surface area contributed by atoms with Crippen molar-refractivity contribution in [2.75, 3.05) is 0 Å². The van der Waals surface area contributed by atoms with Crippen molar-refractivity contribution in [3.05, 3.63) is 169 Å². The summed E-state index contributed by atoms with van der Waals surface area (Å²) >= 11 is 0. The van der Waals surface area contributed by atoms with Crippen LogP contribution in [0.3, 0.4) is 0 Å². The molecule has 0 saturated carbocycles. The van der Waals surface area contributed by atoms with Gasteiger partial charge in [-0.3, -0.25) is 20.2 Å². The van der Waals surface area contributed by atoms with Gasteiger partial charge in [0.05, 0.1) is 23.3 Å². The molecule has 0 amide bonds. The molecule has 8 rings (SSSR count). The third-order valence-corrected chi connectivity index (χ3v) is 6.88. The van der Waals surface area contributed by atoms with Crippen LogP contribution in [0.25, 0.3) is 44.3 Å². The first-order valence-electron chi connectivity index (χ1n) is 14.7. The van der Waals surface area contributed by atoms with E-state index in [1.54, 1.807) is 61.2 Å². The minimum Gasteiger partial charge on any atom is -0.545 e. The van der Waals surface area contributed by atoms with Gasteiger partial charge in [-0.2, -0.15) is 10.2 Å². The van der Waals surface area contributed by atoms with Crippen LogP contribution >= 0.6 is 0 Å². The van der Waals surface area contributed by atoms with Crippen LogP contribution in [0, 0.1) is 0 Å². The molecule has 0 aliphatic heterocycles. The number of hydrogen-bond acceptors (Lipinski definition) is 8. The van der Waals surface area contributed by atoms with Gasteiger partial charge in [-0.15, -0.1) is 0 Å². The van der Waals surface area contributed by atoms with Crippen molar-refractivity contribution < 1.29 is 36.9 Å². The van der Waals surface area contributed by atoms with Crippen molar-refractivity contribution in [1.29, 1.82) is 0 Å². The van der Waals surface area contributed by atoms with Gasteiger partial charge in [0, 0.05) is 35.9 Å². The number of hydrogen-bond donors (Lipinski definition) is 2. The largest absolute Gasteiger partial charge is 2.00 e. The fraction of sp³-hybridized carbons (Fsp3) is 0. The summed E-state index contributed by atoms with van der Waals surface area (Å²) in [5, 5.41) is 38.2. The second kappa shape index (κ2) is 18.1. The molecule has 0 fully saturated rings. The molecule has 4 heterocycles. The van der Waals surface area contributed by atoms with E-state index in [0.29, 0.717) is 0 Å². The number of aromatic nitrogens is 6. The molecule has 10 nitrogen and oxygen atoms in total. The number of nitrogens with zero attached hydrogens (tertiary/aromatic N) is 4. The first-order valence-corrected chi connectivity index (χ1v) is 14.7. The number of carboxylic acids is 2. The molecule has 2 N–H and O–H groups in total. The van der Waals surface area contributed by atoms with Crippen LogP contribution in [0.5, 0.6) is 0 Å². The molecule has 0 unspecified atom stereocenters. The van der Waals surface area contributed by atoms with Crippen LogP contribution in [0.2, 0.25) is 0 Å². The first-order chi connectivity index (χ1) is 23.5. The van der Waals surface area contributed by atoms with E-state index < -0.39 is 11.9 Å². The summed E-state index contributed by atoms with van der Waals surface area (Å²) < 4.78 is 0. The van der Waals surface area contributed by atoms with Gasteiger partial charge >= 0.3 is 17.1 Å². The van der Waals surface area contributed by atoms with E-state index in [4.69, 9.17) is 0 Å². The second-order valence-corrected chi connectivity index (χ2v) is 9.98. The molecule has 241 valence electrons. The monoisotopic (exact) mass is 687 g/mol. The molecule has 1 radical (unpaired) electrons. The third-order valence-electron chi connectivity index (χ3n) is 6.88. The van der Waals surface area contributed by atoms with Crippen molar-refractivity contribution in [3.8, 4) is 22.8 Å². The number of carbonyl (C=O) groups is 2. The van der Waals surface area contributed by atoms with E-state index in [1.807, 2.05) is 97.1 Å². The molecular weight excluding hydrogens is 659 g/mol. The Kier molecular flexibility index (Phi) is 13.1. The number of H-pyrrole nitrogens is 2. The Labute approximate surface area is 292 Å². The summed E-state index contributed by atoms with van der Waals surface area (Å²) in [4.78, 5) is 29.7. The number of rotatable bonds is 4. The van der Waals surface area contributed by atoms with Crippen molar-refractivity contribution in [2.45, 2.75) is 0 Å². The Morgan fingerprint density at radius 3 is 1.18 bits per heavy atom. The third kappa shape index (κ3) is 9.79. The summed E-state index contributed by atoms with van der Waals surface area (Å²) in [7, 11) is 0. The molecule has 0 aliphatic carbocycles. The SMILES string of the molecule is O=C([O-])c1cccc2ccccc12.O=C([O-])c1cccc2ccccc12.[Mn+2].c1ccc(-c2cc[nH]n2)nc1.c1ccc(-c2cc[nH]n2)nc1. The van der Waals surface area contributed by atoms with Gasteiger partial charge in [0.15, 0.2) is 0 Å². The summed E-state index contributed by atoms with van der Waals surface area (Å²) in [6.45, 7) is 0. The Hall–Kier alpha value is -6.42. The molecule has 0 atom stereocenters. The van der Waals surface area contributed by atoms with E-state index in [0.717, 1.165) is 44.3 Å². The van der Waals surface area contributed by atoms with Crippen molar-refractivity contribution in [1.82, 2.24) is 30.4 Å². The smallest absolute Gasteiger partial charge is 0.545 e. The average molecular weight is 688 g/mol. The summed E-state index contributed by atoms with van der Waals surface area (Å²) in [6.07, 6.45) is 7.07. The van der Waals surface area contributed by atoms with Gasteiger partial charge < -0.3 is 19.8 Å². The zero-order valence-electron chi connectivity index (χ0n) is 25.8. The molecule has 4 aromatic carbocycles. The Morgan fingerprint density at radius 2 is 0.837 bits per heavy atom. The molecule has 49 heavy (non-hydrogen) atoms. The van der Waals surface area contributed by atoms with Gasteiger partial charge in [0.25, 0.3) is 0 Å². The quantitative estimate of drug-likeness (QED) is 0.234. The van der Waals surface area contributed by atoms with E-state index in [1.165, 1.54) is 0 Å². The standard InChI is InChI=1S/2C11H8O2.2C8H7N3.Mn/c2*12-11(13)10-7-3-5-8-4-1-2-6-9(8)10;2*1-2-5-9-7(3-1)8-4-6-10-11-8;/h2*1-7H,(H,12,13);2*1-6H,(H,10,11);/q;;;;+2/p-2.